The lowest BCUT2D eigenvalue weighted by Gasteiger charge is -2.07. The lowest BCUT2D eigenvalue weighted by Crippen LogP contribution is -1.89. The molecule has 0 aliphatic heterocycles. The predicted molar refractivity (Wildman–Crippen MR) is 56.1 cm³/mol. The first kappa shape index (κ1) is 8.79. The van der Waals surface area contributed by atoms with Crippen molar-refractivity contribution < 1.29 is 0 Å². The van der Waals surface area contributed by atoms with Crippen LogP contribution in [0.2, 0.25) is 0 Å². The van der Waals surface area contributed by atoms with E-state index in [1.807, 2.05) is 12.2 Å². The molecule has 62 valence electrons. The molecule has 0 saturated carbocycles. The van der Waals surface area contributed by atoms with E-state index in [9.17, 15) is 0 Å². The van der Waals surface area contributed by atoms with Gasteiger partial charge in [0.15, 0.2) is 0 Å². The van der Waals surface area contributed by atoms with Gasteiger partial charge in [-0.15, -0.1) is 0 Å². The summed E-state index contributed by atoms with van der Waals surface area (Å²) in [5.41, 5.74) is 4.95. The van der Waals surface area contributed by atoms with Crippen LogP contribution in [0.5, 0.6) is 0 Å². The van der Waals surface area contributed by atoms with Gasteiger partial charge in [-0.05, 0) is 36.1 Å². The second kappa shape index (κ2) is 3.40. The maximum Gasteiger partial charge on any atom is -0.0158 e. The summed E-state index contributed by atoms with van der Waals surface area (Å²) in [6.07, 6.45) is 3.75. The van der Waals surface area contributed by atoms with Crippen LogP contribution in [0.1, 0.15) is 22.3 Å². The zero-order chi connectivity index (χ0) is 9.14. The van der Waals surface area contributed by atoms with Crippen LogP contribution in [-0.2, 0) is 0 Å². The summed E-state index contributed by atoms with van der Waals surface area (Å²) < 4.78 is 0. The van der Waals surface area contributed by atoms with Crippen molar-refractivity contribution in [3.63, 3.8) is 0 Å². The zero-order valence-electron chi connectivity index (χ0n) is 7.72. The third kappa shape index (κ3) is 1.33. The second-order valence-corrected chi connectivity index (χ2v) is 2.92. The first-order chi connectivity index (χ1) is 5.70. The van der Waals surface area contributed by atoms with E-state index in [-0.39, 0.29) is 0 Å². The van der Waals surface area contributed by atoms with E-state index in [1.54, 1.807) is 0 Å². The number of aryl methyl sites for hydroxylation is 1. The van der Waals surface area contributed by atoms with Crippen molar-refractivity contribution in [3.8, 4) is 0 Å². The van der Waals surface area contributed by atoms with Crippen LogP contribution in [0.4, 0.5) is 0 Å². The summed E-state index contributed by atoms with van der Waals surface area (Å²) in [7, 11) is 0. The van der Waals surface area contributed by atoms with Crippen LogP contribution < -0.4 is 0 Å². The summed E-state index contributed by atoms with van der Waals surface area (Å²) in [6, 6.07) is 4.19. The Balaban J connectivity index is 3.45. The highest BCUT2D eigenvalue weighted by atomic mass is 14.1. The first-order valence-corrected chi connectivity index (χ1v) is 4.05. The Morgan fingerprint density at radius 1 is 1.08 bits per heavy atom. The molecule has 0 aliphatic carbocycles. The van der Waals surface area contributed by atoms with Crippen LogP contribution in [0.25, 0.3) is 12.2 Å². The Hall–Kier alpha value is -1.30. The van der Waals surface area contributed by atoms with Crippen molar-refractivity contribution >= 4 is 12.2 Å². The molecule has 1 rings (SSSR count). The van der Waals surface area contributed by atoms with Crippen LogP contribution >= 0.6 is 0 Å². The first-order valence-electron chi connectivity index (χ1n) is 4.05. The van der Waals surface area contributed by atoms with Crippen molar-refractivity contribution in [1.29, 1.82) is 0 Å². The SMILES string of the molecule is C=Cc1ccc(C)c(C)c1C=C. The minimum Gasteiger partial charge on any atom is -0.0984 e. The topological polar surface area (TPSA) is 0 Å². The molecule has 0 N–H and O–H groups in total. The highest BCUT2D eigenvalue weighted by molar-refractivity contribution is 5.67. The minimum atomic E-state index is 1.16. The van der Waals surface area contributed by atoms with Gasteiger partial charge in [0.1, 0.15) is 0 Å². The average molecular weight is 158 g/mol. The summed E-state index contributed by atoms with van der Waals surface area (Å²) in [5.74, 6) is 0. The quantitative estimate of drug-likeness (QED) is 0.617. The molecule has 0 heterocycles. The average Bonchev–Trinajstić information content (AvgIpc) is 2.09. The molecule has 0 nitrogen and oxygen atoms in total. The molecule has 0 radical (unpaired) electrons. The van der Waals surface area contributed by atoms with Crippen molar-refractivity contribution in [2.24, 2.45) is 0 Å². The van der Waals surface area contributed by atoms with Gasteiger partial charge < -0.3 is 0 Å². The van der Waals surface area contributed by atoms with Gasteiger partial charge in [0, 0.05) is 0 Å². The third-order valence-corrected chi connectivity index (χ3v) is 2.24. The van der Waals surface area contributed by atoms with E-state index < -0.39 is 0 Å². The van der Waals surface area contributed by atoms with Crippen LogP contribution in [0, 0.1) is 13.8 Å². The largest absolute Gasteiger partial charge is 0.0984 e. The van der Waals surface area contributed by atoms with Gasteiger partial charge in [-0.3, -0.25) is 0 Å². The molecule has 0 amide bonds. The molecule has 0 spiro atoms. The van der Waals surface area contributed by atoms with E-state index >= 15 is 0 Å². The van der Waals surface area contributed by atoms with Crippen LogP contribution in [0.15, 0.2) is 25.3 Å². The van der Waals surface area contributed by atoms with Gasteiger partial charge in [0.2, 0.25) is 0 Å². The summed E-state index contributed by atoms with van der Waals surface area (Å²) in [4.78, 5) is 0. The number of benzene rings is 1. The molecule has 1 aromatic rings. The third-order valence-electron chi connectivity index (χ3n) is 2.24. The molecule has 0 aliphatic rings. The Morgan fingerprint density at radius 2 is 1.75 bits per heavy atom. The van der Waals surface area contributed by atoms with Gasteiger partial charge in [0.05, 0.1) is 0 Å². The lowest BCUT2D eigenvalue weighted by atomic mass is 9.98. The summed E-state index contributed by atoms with van der Waals surface area (Å²) in [6.45, 7) is 11.8. The number of hydrogen-bond acceptors (Lipinski definition) is 0. The predicted octanol–water partition coefficient (Wildman–Crippen LogP) is 3.59. The molecular weight excluding hydrogens is 144 g/mol. The van der Waals surface area contributed by atoms with Crippen molar-refractivity contribution in [2.75, 3.05) is 0 Å². The van der Waals surface area contributed by atoms with E-state index in [4.69, 9.17) is 0 Å². The molecule has 0 aromatic heterocycles. The molecular formula is C12H14. The summed E-state index contributed by atoms with van der Waals surface area (Å²) in [5, 5.41) is 0. The molecule has 0 heteroatoms. The normalized spacial score (nSPS) is 9.50. The Morgan fingerprint density at radius 3 is 2.25 bits per heavy atom. The van der Waals surface area contributed by atoms with Gasteiger partial charge >= 0.3 is 0 Å². The standard InChI is InChI=1S/C12H14/c1-5-11-8-7-9(3)10(4)12(11)6-2/h5-8H,1-2H2,3-4H3. The number of rotatable bonds is 2. The lowest BCUT2D eigenvalue weighted by molar-refractivity contribution is 1.32. The highest BCUT2D eigenvalue weighted by Gasteiger charge is 2.00. The van der Waals surface area contributed by atoms with Gasteiger partial charge in [-0.25, -0.2) is 0 Å². The monoisotopic (exact) mass is 158 g/mol. The van der Waals surface area contributed by atoms with Crippen LogP contribution in [-0.4, -0.2) is 0 Å². The molecule has 1 aromatic carbocycles. The molecule has 0 saturated heterocycles. The Kier molecular flexibility index (Phi) is 2.49. The minimum absolute atomic E-state index is 1.16. The fourth-order valence-corrected chi connectivity index (χ4v) is 1.31. The fraction of sp³-hybridized carbons (Fsp3) is 0.167. The second-order valence-electron chi connectivity index (χ2n) is 2.92. The van der Waals surface area contributed by atoms with Gasteiger partial charge in [-0.1, -0.05) is 37.4 Å². The van der Waals surface area contributed by atoms with Gasteiger partial charge in [-0.2, -0.15) is 0 Å². The molecule has 0 fully saturated rings. The fourth-order valence-electron chi connectivity index (χ4n) is 1.31. The maximum absolute atomic E-state index is 3.79. The smallest absolute Gasteiger partial charge is 0.0158 e. The van der Waals surface area contributed by atoms with Crippen molar-refractivity contribution in [2.45, 2.75) is 13.8 Å². The molecule has 0 unspecified atom stereocenters. The Bertz CT molecular complexity index is 319. The zero-order valence-corrected chi connectivity index (χ0v) is 7.72. The summed E-state index contributed by atoms with van der Waals surface area (Å²) >= 11 is 0. The van der Waals surface area contributed by atoms with Crippen molar-refractivity contribution in [3.05, 3.63) is 47.5 Å². The van der Waals surface area contributed by atoms with E-state index in [0.29, 0.717) is 0 Å². The molecule has 12 heavy (non-hydrogen) atoms. The van der Waals surface area contributed by atoms with Gasteiger partial charge in [0.25, 0.3) is 0 Å². The van der Waals surface area contributed by atoms with E-state index in [1.165, 1.54) is 16.7 Å². The maximum atomic E-state index is 3.79. The molecule has 0 bridgehead atoms. The van der Waals surface area contributed by atoms with Crippen molar-refractivity contribution in [1.82, 2.24) is 0 Å². The van der Waals surface area contributed by atoms with Crippen LogP contribution in [0.3, 0.4) is 0 Å². The molecule has 0 atom stereocenters. The highest BCUT2D eigenvalue weighted by Crippen LogP contribution is 2.19. The van der Waals surface area contributed by atoms with E-state index in [2.05, 4.69) is 39.1 Å². The Labute approximate surface area is 74.2 Å². The number of hydrogen-bond donors (Lipinski definition) is 0. The van der Waals surface area contributed by atoms with E-state index in [0.717, 1.165) is 5.56 Å².